The predicted molar refractivity (Wildman–Crippen MR) is 119 cm³/mol. The van der Waals surface area contributed by atoms with Gasteiger partial charge in [-0.3, -0.25) is 14.7 Å². The van der Waals surface area contributed by atoms with Crippen molar-refractivity contribution in [2.24, 2.45) is 0 Å². The summed E-state index contributed by atoms with van der Waals surface area (Å²) in [7, 11) is 0. The second kappa shape index (κ2) is 8.87. The van der Waals surface area contributed by atoms with Crippen LogP contribution in [0.3, 0.4) is 0 Å². The zero-order valence-electron chi connectivity index (χ0n) is 16.9. The van der Waals surface area contributed by atoms with E-state index in [0.29, 0.717) is 28.2 Å². The Labute approximate surface area is 195 Å². The minimum atomic E-state index is -4.70. The molecule has 168 valence electrons. The molecule has 11 heteroatoms. The predicted octanol–water partition coefficient (Wildman–Crippen LogP) is 6.97. The summed E-state index contributed by atoms with van der Waals surface area (Å²) in [6.07, 6.45) is -4.70. The van der Waals surface area contributed by atoms with Crippen molar-refractivity contribution in [2.45, 2.75) is 23.2 Å². The first-order valence-corrected chi connectivity index (χ1v) is 10.6. The first-order chi connectivity index (χ1) is 15.6. The van der Waals surface area contributed by atoms with Crippen molar-refractivity contribution < 1.29 is 18.1 Å². The summed E-state index contributed by atoms with van der Waals surface area (Å²) in [5.41, 5.74) is 0.642. The Morgan fingerprint density at radius 2 is 1.67 bits per heavy atom. The van der Waals surface area contributed by atoms with Gasteiger partial charge in [-0.05, 0) is 67.2 Å². The molecule has 0 aliphatic carbocycles. The standard InChI is InChI=1S/C22H14ClF3N4O2S/c1-13-2-9-17(10-3-13)29-20(14-4-7-16(23)8-5-14)27-28-21(29)33-19-11-6-15(22(24,25)26)12-18(19)30(31)32/h2-12H,1H3. The lowest BCUT2D eigenvalue weighted by atomic mass is 10.2. The van der Waals surface area contributed by atoms with Crippen LogP contribution in [0.2, 0.25) is 5.02 Å². The lowest BCUT2D eigenvalue weighted by molar-refractivity contribution is -0.388. The molecule has 0 radical (unpaired) electrons. The van der Waals surface area contributed by atoms with Gasteiger partial charge in [-0.1, -0.05) is 29.3 Å². The fraction of sp³-hybridized carbons (Fsp3) is 0.0909. The molecule has 0 bridgehead atoms. The zero-order chi connectivity index (χ0) is 23.8. The van der Waals surface area contributed by atoms with Crippen LogP contribution in [0.4, 0.5) is 18.9 Å². The highest BCUT2D eigenvalue weighted by Crippen LogP contribution is 2.40. The van der Waals surface area contributed by atoms with Gasteiger partial charge in [-0.2, -0.15) is 13.2 Å². The van der Waals surface area contributed by atoms with Crippen LogP contribution in [0.5, 0.6) is 0 Å². The molecule has 0 amide bonds. The number of nitro benzene ring substituents is 1. The maximum atomic E-state index is 13.1. The first kappa shape index (κ1) is 22.8. The number of hydrogen-bond donors (Lipinski definition) is 0. The number of nitrogens with zero attached hydrogens (tertiary/aromatic N) is 4. The Bertz CT molecular complexity index is 1320. The summed E-state index contributed by atoms with van der Waals surface area (Å²) in [5.74, 6) is 0.451. The van der Waals surface area contributed by atoms with Crippen LogP contribution in [0.15, 0.2) is 76.8 Å². The number of aromatic nitrogens is 3. The van der Waals surface area contributed by atoms with E-state index in [9.17, 15) is 23.3 Å². The topological polar surface area (TPSA) is 73.8 Å². The van der Waals surface area contributed by atoms with Gasteiger partial charge >= 0.3 is 6.18 Å². The fourth-order valence-corrected chi connectivity index (χ4v) is 4.13. The van der Waals surface area contributed by atoms with Gasteiger partial charge in [0.1, 0.15) is 0 Å². The Morgan fingerprint density at radius 1 is 1.00 bits per heavy atom. The Morgan fingerprint density at radius 3 is 2.27 bits per heavy atom. The van der Waals surface area contributed by atoms with E-state index in [1.165, 1.54) is 0 Å². The van der Waals surface area contributed by atoms with Crippen LogP contribution in [0, 0.1) is 17.0 Å². The highest BCUT2D eigenvalue weighted by molar-refractivity contribution is 7.99. The second-order valence-electron chi connectivity index (χ2n) is 7.02. The Balaban J connectivity index is 1.84. The molecule has 0 fully saturated rings. The van der Waals surface area contributed by atoms with E-state index in [1.54, 1.807) is 28.8 Å². The van der Waals surface area contributed by atoms with Crippen molar-refractivity contribution in [2.75, 3.05) is 0 Å². The third-order valence-corrected chi connectivity index (χ3v) is 5.98. The summed E-state index contributed by atoms with van der Waals surface area (Å²) in [5, 5.41) is 20.7. The number of alkyl halides is 3. The van der Waals surface area contributed by atoms with Crippen LogP contribution in [0.1, 0.15) is 11.1 Å². The molecule has 0 saturated heterocycles. The van der Waals surface area contributed by atoms with E-state index in [2.05, 4.69) is 10.2 Å². The molecule has 0 N–H and O–H groups in total. The quantitative estimate of drug-likeness (QED) is 0.223. The molecule has 0 aliphatic rings. The summed E-state index contributed by atoms with van der Waals surface area (Å²) in [6, 6.07) is 16.7. The minimum absolute atomic E-state index is 0.0106. The van der Waals surface area contributed by atoms with E-state index in [1.807, 2.05) is 31.2 Å². The number of benzene rings is 3. The van der Waals surface area contributed by atoms with Gasteiger partial charge in [0.2, 0.25) is 5.16 Å². The molecular formula is C22H14ClF3N4O2S. The van der Waals surface area contributed by atoms with E-state index in [-0.39, 0.29) is 10.1 Å². The third-order valence-electron chi connectivity index (χ3n) is 4.71. The summed E-state index contributed by atoms with van der Waals surface area (Å²) in [6.45, 7) is 1.93. The van der Waals surface area contributed by atoms with Gasteiger partial charge in [-0.25, -0.2) is 0 Å². The zero-order valence-corrected chi connectivity index (χ0v) is 18.4. The van der Waals surface area contributed by atoms with Crippen molar-refractivity contribution in [3.63, 3.8) is 0 Å². The monoisotopic (exact) mass is 490 g/mol. The van der Waals surface area contributed by atoms with Gasteiger partial charge in [-0.15, -0.1) is 10.2 Å². The second-order valence-corrected chi connectivity index (χ2v) is 8.47. The molecule has 0 aliphatic heterocycles. The molecule has 0 saturated carbocycles. The van der Waals surface area contributed by atoms with Gasteiger partial charge in [0.25, 0.3) is 5.69 Å². The number of aryl methyl sites for hydroxylation is 1. The van der Waals surface area contributed by atoms with E-state index in [4.69, 9.17) is 11.6 Å². The van der Waals surface area contributed by atoms with Gasteiger partial charge < -0.3 is 0 Å². The minimum Gasteiger partial charge on any atom is -0.270 e. The molecule has 3 aromatic carbocycles. The first-order valence-electron chi connectivity index (χ1n) is 9.45. The lowest BCUT2D eigenvalue weighted by Gasteiger charge is -2.12. The molecule has 33 heavy (non-hydrogen) atoms. The van der Waals surface area contributed by atoms with Crippen molar-refractivity contribution >= 4 is 29.1 Å². The molecule has 0 spiro atoms. The van der Waals surface area contributed by atoms with Crippen molar-refractivity contribution in [1.82, 2.24) is 14.8 Å². The number of rotatable bonds is 5. The van der Waals surface area contributed by atoms with Gasteiger partial charge in [0, 0.05) is 22.3 Å². The molecule has 4 rings (SSSR count). The highest BCUT2D eigenvalue weighted by atomic mass is 35.5. The van der Waals surface area contributed by atoms with Crippen LogP contribution >= 0.6 is 23.4 Å². The molecule has 0 unspecified atom stereocenters. The maximum absolute atomic E-state index is 13.1. The summed E-state index contributed by atoms with van der Waals surface area (Å²) >= 11 is 6.85. The molecule has 0 atom stereocenters. The largest absolute Gasteiger partial charge is 0.416 e. The smallest absolute Gasteiger partial charge is 0.270 e. The Hall–Kier alpha value is -3.37. The van der Waals surface area contributed by atoms with Gasteiger partial charge in [0.15, 0.2) is 5.82 Å². The molecule has 1 aromatic heterocycles. The fourth-order valence-electron chi connectivity index (χ4n) is 3.07. The average molecular weight is 491 g/mol. The molecule has 1 heterocycles. The van der Waals surface area contributed by atoms with Gasteiger partial charge in [0.05, 0.1) is 15.4 Å². The van der Waals surface area contributed by atoms with Crippen LogP contribution in [-0.2, 0) is 6.18 Å². The lowest BCUT2D eigenvalue weighted by Crippen LogP contribution is -2.06. The SMILES string of the molecule is Cc1ccc(-n2c(Sc3ccc(C(F)(F)F)cc3[N+](=O)[O-])nnc2-c2ccc(Cl)cc2)cc1. The van der Waals surface area contributed by atoms with E-state index < -0.39 is 22.4 Å². The third kappa shape index (κ3) is 4.86. The molecular weight excluding hydrogens is 477 g/mol. The normalized spacial score (nSPS) is 11.5. The van der Waals surface area contributed by atoms with E-state index in [0.717, 1.165) is 29.5 Å². The van der Waals surface area contributed by atoms with Crippen LogP contribution < -0.4 is 0 Å². The molecule has 4 aromatic rings. The van der Waals surface area contributed by atoms with E-state index >= 15 is 0 Å². The summed E-state index contributed by atoms with van der Waals surface area (Å²) in [4.78, 5) is 10.7. The van der Waals surface area contributed by atoms with Crippen LogP contribution in [0.25, 0.3) is 17.1 Å². The maximum Gasteiger partial charge on any atom is 0.416 e. The Kier molecular flexibility index (Phi) is 6.13. The average Bonchev–Trinajstić information content (AvgIpc) is 3.17. The molecule has 6 nitrogen and oxygen atoms in total. The summed E-state index contributed by atoms with van der Waals surface area (Å²) < 4.78 is 40.9. The van der Waals surface area contributed by atoms with Crippen molar-refractivity contribution in [1.29, 1.82) is 0 Å². The van der Waals surface area contributed by atoms with Crippen molar-refractivity contribution in [3.8, 4) is 17.1 Å². The number of hydrogen-bond acceptors (Lipinski definition) is 5. The van der Waals surface area contributed by atoms with Crippen LogP contribution in [-0.4, -0.2) is 19.7 Å². The number of halogens is 4. The highest BCUT2D eigenvalue weighted by Gasteiger charge is 2.33. The van der Waals surface area contributed by atoms with Crippen molar-refractivity contribution in [3.05, 3.63) is 93.0 Å². The number of nitro groups is 1.